The van der Waals surface area contributed by atoms with Gasteiger partial charge in [0.25, 0.3) is 0 Å². The Kier molecular flexibility index (Phi) is 4.05. The lowest BCUT2D eigenvalue weighted by molar-refractivity contribution is 0.117. The minimum Gasteiger partial charge on any atom is -0.377 e. The average molecular weight is 338 g/mol. The summed E-state index contributed by atoms with van der Waals surface area (Å²) in [6.07, 6.45) is 0.484. The van der Waals surface area contributed by atoms with Gasteiger partial charge in [-0.3, -0.25) is 0 Å². The molecule has 1 aliphatic heterocycles. The van der Waals surface area contributed by atoms with Gasteiger partial charge in [0.1, 0.15) is 5.82 Å². The van der Waals surface area contributed by atoms with Crippen LogP contribution in [-0.4, -0.2) is 27.2 Å². The zero-order valence-electron chi connectivity index (χ0n) is 9.69. The van der Waals surface area contributed by atoms with Crippen LogP contribution in [0.15, 0.2) is 27.6 Å². The molecule has 0 aliphatic carbocycles. The molecule has 0 saturated carbocycles. The molecule has 1 saturated heterocycles. The summed E-state index contributed by atoms with van der Waals surface area (Å²) in [6, 6.07) is 3.24. The molecule has 0 amide bonds. The van der Waals surface area contributed by atoms with Crippen LogP contribution in [0.1, 0.15) is 13.3 Å². The molecule has 0 spiro atoms. The Labute approximate surface area is 114 Å². The Morgan fingerprint density at radius 1 is 1.50 bits per heavy atom. The highest BCUT2D eigenvalue weighted by atomic mass is 79.9. The third kappa shape index (κ3) is 2.90. The molecule has 0 aromatic heterocycles. The van der Waals surface area contributed by atoms with E-state index in [2.05, 4.69) is 20.7 Å². The maximum atomic E-state index is 12.9. The van der Waals surface area contributed by atoms with Crippen molar-refractivity contribution >= 4 is 26.0 Å². The number of ether oxygens (including phenoxy) is 1. The van der Waals surface area contributed by atoms with E-state index in [1.54, 1.807) is 0 Å². The first-order valence-corrected chi connectivity index (χ1v) is 7.77. The molecule has 7 heteroatoms. The van der Waals surface area contributed by atoms with E-state index in [1.165, 1.54) is 6.07 Å². The van der Waals surface area contributed by atoms with E-state index in [1.807, 2.05) is 6.92 Å². The Hall–Kier alpha value is -0.500. The van der Waals surface area contributed by atoms with Crippen molar-refractivity contribution in [2.75, 3.05) is 6.61 Å². The third-order valence-electron chi connectivity index (χ3n) is 2.87. The van der Waals surface area contributed by atoms with Crippen molar-refractivity contribution < 1.29 is 17.5 Å². The second kappa shape index (κ2) is 5.24. The van der Waals surface area contributed by atoms with Gasteiger partial charge in [0.2, 0.25) is 10.0 Å². The van der Waals surface area contributed by atoms with Gasteiger partial charge in [0.15, 0.2) is 0 Å². The topological polar surface area (TPSA) is 55.4 Å². The normalized spacial score (nSPS) is 24.4. The first kappa shape index (κ1) is 13.9. The molecule has 2 rings (SSSR count). The molecule has 1 aliphatic rings. The number of rotatable bonds is 3. The van der Waals surface area contributed by atoms with Gasteiger partial charge in [0.05, 0.1) is 17.0 Å². The summed E-state index contributed by atoms with van der Waals surface area (Å²) in [6.45, 7) is 2.36. The van der Waals surface area contributed by atoms with Gasteiger partial charge in [-0.25, -0.2) is 17.5 Å². The number of hydrogen-bond donors (Lipinski definition) is 1. The second-order valence-corrected chi connectivity index (χ2v) is 6.70. The van der Waals surface area contributed by atoms with Gasteiger partial charge >= 0.3 is 0 Å². The van der Waals surface area contributed by atoms with E-state index in [-0.39, 0.29) is 21.5 Å². The Morgan fingerprint density at radius 2 is 2.22 bits per heavy atom. The summed E-state index contributed by atoms with van der Waals surface area (Å²) in [7, 11) is -3.67. The molecule has 1 aromatic carbocycles. The van der Waals surface area contributed by atoms with Crippen molar-refractivity contribution in [2.24, 2.45) is 0 Å². The first-order valence-electron chi connectivity index (χ1n) is 5.49. The van der Waals surface area contributed by atoms with Gasteiger partial charge in [-0.2, -0.15) is 0 Å². The molecule has 1 heterocycles. The predicted molar refractivity (Wildman–Crippen MR) is 68.2 cm³/mol. The predicted octanol–water partition coefficient (Wildman–Crippen LogP) is 2.04. The quantitative estimate of drug-likeness (QED) is 0.918. The van der Waals surface area contributed by atoms with E-state index in [0.29, 0.717) is 13.0 Å². The number of halogens is 2. The number of hydrogen-bond acceptors (Lipinski definition) is 3. The first-order chi connectivity index (χ1) is 8.40. The maximum absolute atomic E-state index is 12.9. The van der Waals surface area contributed by atoms with Gasteiger partial charge in [0, 0.05) is 11.1 Å². The van der Waals surface area contributed by atoms with Crippen LogP contribution in [0.3, 0.4) is 0 Å². The Bertz CT molecular complexity index is 549. The van der Waals surface area contributed by atoms with Crippen molar-refractivity contribution in [2.45, 2.75) is 30.4 Å². The summed E-state index contributed by atoms with van der Waals surface area (Å²) in [5.41, 5.74) is 0. The minimum absolute atomic E-state index is 0.0306. The SMILES string of the molecule is CC1OCCC1NS(=O)(=O)c1ccc(F)cc1Br. The largest absolute Gasteiger partial charge is 0.377 e. The molecule has 100 valence electrons. The molecule has 1 aromatic rings. The molecule has 1 N–H and O–H groups in total. The van der Waals surface area contributed by atoms with Gasteiger partial charge < -0.3 is 4.74 Å². The van der Waals surface area contributed by atoms with Crippen molar-refractivity contribution in [1.29, 1.82) is 0 Å². The van der Waals surface area contributed by atoms with E-state index in [9.17, 15) is 12.8 Å². The molecule has 0 radical (unpaired) electrons. The van der Waals surface area contributed by atoms with Gasteiger partial charge in [-0.05, 0) is 47.5 Å². The summed E-state index contributed by atoms with van der Waals surface area (Å²) in [5.74, 6) is -0.488. The van der Waals surface area contributed by atoms with Crippen LogP contribution in [0.5, 0.6) is 0 Å². The van der Waals surface area contributed by atoms with Crippen LogP contribution in [0.4, 0.5) is 4.39 Å². The molecular formula is C11H13BrFNO3S. The van der Waals surface area contributed by atoms with Crippen LogP contribution in [0, 0.1) is 5.82 Å². The van der Waals surface area contributed by atoms with Crippen LogP contribution in [0.2, 0.25) is 0 Å². The third-order valence-corrected chi connectivity index (χ3v) is 5.33. The van der Waals surface area contributed by atoms with E-state index < -0.39 is 15.8 Å². The lowest BCUT2D eigenvalue weighted by atomic mass is 10.2. The summed E-state index contributed by atoms with van der Waals surface area (Å²) in [5, 5.41) is 0. The maximum Gasteiger partial charge on any atom is 0.242 e. The highest BCUT2D eigenvalue weighted by Crippen LogP contribution is 2.24. The molecule has 1 fully saturated rings. The molecule has 18 heavy (non-hydrogen) atoms. The number of nitrogens with one attached hydrogen (secondary N) is 1. The summed E-state index contributed by atoms with van der Waals surface area (Å²) in [4.78, 5) is 0.0306. The van der Waals surface area contributed by atoms with Crippen molar-refractivity contribution in [3.63, 3.8) is 0 Å². The fourth-order valence-corrected chi connectivity index (χ4v) is 4.23. The second-order valence-electron chi connectivity index (χ2n) is 4.17. The zero-order chi connectivity index (χ0) is 13.3. The monoisotopic (exact) mass is 337 g/mol. The lowest BCUT2D eigenvalue weighted by Crippen LogP contribution is -2.39. The van der Waals surface area contributed by atoms with E-state index in [0.717, 1.165) is 12.1 Å². The Balaban J connectivity index is 2.25. The fourth-order valence-electron chi connectivity index (χ4n) is 1.84. The van der Waals surface area contributed by atoms with Gasteiger partial charge in [-0.1, -0.05) is 0 Å². The van der Waals surface area contributed by atoms with E-state index in [4.69, 9.17) is 4.74 Å². The molecule has 0 bridgehead atoms. The van der Waals surface area contributed by atoms with Crippen LogP contribution < -0.4 is 4.72 Å². The molecule has 2 atom stereocenters. The smallest absolute Gasteiger partial charge is 0.242 e. The summed E-state index contributed by atoms with van der Waals surface area (Å²) < 4.78 is 45.3. The zero-order valence-corrected chi connectivity index (χ0v) is 12.1. The van der Waals surface area contributed by atoms with Crippen LogP contribution in [0.25, 0.3) is 0 Å². The van der Waals surface area contributed by atoms with Crippen molar-refractivity contribution in [3.05, 3.63) is 28.5 Å². The van der Waals surface area contributed by atoms with Gasteiger partial charge in [-0.15, -0.1) is 0 Å². The molecule has 2 unspecified atom stereocenters. The standard InChI is InChI=1S/C11H13BrFNO3S/c1-7-10(4-5-17-7)14-18(15,16)11-3-2-8(13)6-9(11)12/h2-3,6-7,10,14H,4-5H2,1H3. The lowest BCUT2D eigenvalue weighted by Gasteiger charge is -2.16. The summed E-state index contributed by atoms with van der Waals surface area (Å²) >= 11 is 3.06. The van der Waals surface area contributed by atoms with E-state index >= 15 is 0 Å². The van der Waals surface area contributed by atoms with Crippen molar-refractivity contribution in [3.8, 4) is 0 Å². The Morgan fingerprint density at radius 3 is 2.78 bits per heavy atom. The van der Waals surface area contributed by atoms with Crippen molar-refractivity contribution in [1.82, 2.24) is 4.72 Å². The molecular weight excluding hydrogens is 325 g/mol. The minimum atomic E-state index is -3.67. The highest BCUT2D eigenvalue weighted by molar-refractivity contribution is 9.10. The number of benzene rings is 1. The number of sulfonamides is 1. The fraction of sp³-hybridized carbons (Fsp3) is 0.455. The average Bonchev–Trinajstić information content (AvgIpc) is 2.63. The van der Waals surface area contributed by atoms with Crippen LogP contribution in [-0.2, 0) is 14.8 Å². The van der Waals surface area contributed by atoms with Crippen LogP contribution >= 0.6 is 15.9 Å². The molecule has 4 nitrogen and oxygen atoms in total. The highest BCUT2D eigenvalue weighted by Gasteiger charge is 2.30.